The summed E-state index contributed by atoms with van der Waals surface area (Å²) in [6.45, 7) is 9.42. The van der Waals surface area contributed by atoms with Crippen molar-refractivity contribution in [2.75, 3.05) is 7.11 Å². The molecular formula is C118H103ClO28. The number of carbonyl (C=O) groups is 17. The van der Waals surface area contributed by atoms with Crippen molar-refractivity contribution in [3.63, 3.8) is 0 Å². The van der Waals surface area contributed by atoms with Gasteiger partial charge in [0.25, 0.3) is 0 Å². The van der Waals surface area contributed by atoms with Crippen molar-refractivity contribution in [2.45, 2.75) is 105 Å². The van der Waals surface area contributed by atoms with Crippen LogP contribution in [0.5, 0.6) is 5.75 Å². The van der Waals surface area contributed by atoms with Crippen molar-refractivity contribution in [1.82, 2.24) is 0 Å². The maximum atomic E-state index is 12.3. The fourth-order valence-corrected chi connectivity index (χ4v) is 15.2. The van der Waals surface area contributed by atoms with E-state index < -0.39 is 71.3 Å². The molecule has 0 fully saturated rings. The first-order valence-corrected chi connectivity index (χ1v) is 45.9. The van der Waals surface area contributed by atoms with E-state index in [1.165, 1.54) is 103 Å². The summed E-state index contributed by atoms with van der Waals surface area (Å²) in [4.78, 5) is 197. The maximum absolute atomic E-state index is 12.3. The van der Waals surface area contributed by atoms with Gasteiger partial charge >= 0.3 is 59.7 Å². The van der Waals surface area contributed by atoms with Gasteiger partial charge in [0.1, 0.15) is 5.75 Å². The highest BCUT2D eigenvalue weighted by molar-refractivity contribution is 6.31. The Morgan fingerprint density at radius 2 is 0.483 bits per heavy atom. The van der Waals surface area contributed by atoms with Gasteiger partial charge < -0.3 is 55.8 Å². The summed E-state index contributed by atoms with van der Waals surface area (Å²) < 4.78 is 5.07. The Bertz CT molecular complexity index is 7120. The van der Waals surface area contributed by atoms with Crippen LogP contribution in [-0.4, -0.2) is 158 Å². The lowest BCUT2D eigenvalue weighted by Gasteiger charge is -2.08. The third kappa shape index (κ3) is 34.8. The second-order valence-corrected chi connectivity index (χ2v) is 33.6. The van der Waals surface area contributed by atoms with Crippen LogP contribution in [0.2, 0.25) is 5.02 Å². The van der Waals surface area contributed by atoms with Gasteiger partial charge in [-0.2, -0.15) is 0 Å². The smallest absolute Gasteiger partial charge is 0.336 e. The van der Waals surface area contributed by atoms with E-state index in [9.17, 15) is 91.7 Å². The molecule has 0 bridgehead atoms. The fourth-order valence-electron chi connectivity index (χ4n) is 15.0. The summed E-state index contributed by atoms with van der Waals surface area (Å²) >= 11 is 6.02. The number of benzene rings is 14. The third-order valence-corrected chi connectivity index (χ3v) is 23.2. The molecule has 0 amide bonds. The van der Waals surface area contributed by atoms with E-state index in [4.69, 9.17) is 57.2 Å². The number of carboxylic acid groups (broad SMARTS) is 10. The number of aromatic carboxylic acids is 10. The van der Waals surface area contributed by atoms with Crippen molar-refractivity contribution >= 4 is 112 Å². The monoisotopic (exact) mass is 2000 g/mol. The average molecular weight is 2000 g/mol. The standard InChI is InChI=1S/3C17H14O5.C17H16O4.2C17H16O3.C16H13ClO3/c2*1-10-6-7-11(14(8-10)17(21)22)9-15(18)12-4-2-3-5-13(12)16(19)20;18-15(13-3-1-2-4-14(13)17(21)22)10-7-11-5-8-12(9-6-11)16(19)20;1-21-13-9-6-12(7-10-13)8-11-16(18)14-4-2-3-5-15(14)17(19)20;1-12-5-4-6-13(11-12)9-10-16(18)14-7-2-3-8-15(14)17(19)20;1-12-6-2-3-7-13(12)10-11-16(18)14-8-4-5-9-15(14)17(19)20;1-10-6-7-11(8-14(10)17)9-15(18)12-4-2-3-5-13(12)16(19)20/h2*2-8H,9H2,1H3,(H,19,20)(H,21,22);1-6,8-9H,7,10H2,(H,19,20)(H,21,22);2-7,9-10H,8,11H2,1H3,(H,19,20);2-8,11H,9-10H2,1H3,(H,19,20);2-9H,10-11H2,1H3,(H,19,20);2-8H,9H2,1H3,(H,19,20). The summed E-state index contributed by atoms with van der Waals surface area (Å²) in [5.74, 6) is -12.0. The number of methoxy groups -OCH3 is 1. The van der Waals surface area contributed by atoms with Gasteiger partial charge in [-0.15, -0.1) is 0 Å². The first-order chi connectivity index (χ1) is 70.0. The molecule has 0 atom stereocenters. The number of hydrogen-bond acceptors (Lipinski definition) is 18. The maximum Gasteiger partial charge on any atom is 0.336 e. The molecule has 29 heteroatoms. The Morgan fingerprint density at radius 3 is 0.782 bits per heavy atom. The SMILES string of the molecule is COc1ccc(CCC(=O)c2ccccc2C(=O)O)cc1.Cc1ccc(CC(=O)c2ccccc2C(=O)O)c(C(=O)O)c1.Cc1ccc(CC(=O)c2ccccc2C(=O)O)c(C(=O)O)c1.Cc1ccc(CC(=O)c2ccccc2C(=O)O)cc1Cl.Cc1cccc(CCC(=O)c2ccccc2C(=O)O)c1.Cc1ccccc1CCC(=O)c1ccccc1C(=O)O.O=C(O)c1ccc(CCC(=O)c2ccccc2C(=O)O)cc1. The number of ketones is 7. The number of Topliss-reactive ketones (excluding diaryl/α,β-unsaturated/α-hetero) is 7. The van der Waals surface area contributed by atoms with Crippen LogP contribution in [0, 0.1) is 34.6 Å². The molecule has 0 saturated carbocycles. The van der Waals surface area contributed by atoms with Crippen molar-refractivity contribution in [3.05, 3.63) is 488 Å². The molecule has 0 aliphatic heterocycles. The Hall–Kier alpha value is -18.4. The molecule has 147 heavy (non-hydrogen) atoms. The van der Waals surface area contributed by atoms with E-state index in [1.807, 2.05) is 106 Å². The van der Waals surface area contributed by atoms with E-state index in [1.54, 1.807) is 154 Å². The van der Waals surface area contributed by atoms with Gasteiger partial charge in [-0.3, -0.25) is 33.6 Å². The topological polar surface area (TPSA) is 502 Å². The zero-order valence-corrected chi connectivity index (χ0v) is 81.3. The first-order valence-electron chi connectivity index (χ1n) is 45.5. The Labute approximate surface area is 850 Å². The number of aryl methyl sites for hydroxylation is 9. The number of rotatable bonds is 36. The molecule has 10 N–H and O–H groups in total. The third-order valence-electron chi connectivity index (χ3n) is 22.7. The predicted molar refractivity (Wildman–Crippen MR) is 550 cm³/mol. The minimum atomic E-state index is -1.19. The molecular weight excluding hydrogens is 1900 g/mol. The van der Waals surface area contributed by atoms with Gasteiger partial charge in [0, 0.05) is 88.9 Å². The normalized spacial score (nSPS) is 10.2. The van der Waals surface area contributed by atoms with Crippen molar-refractivity contribution in [3.8, 4) is 5.75 Å². The molecule has 0 spiro atoms. The van der Waals surface area contributed by atoms with Gasteiger partial charge in [0.15, 0.2) is 40.5 Å². The van der Waals surface area contributed by atoms with E-state index >= 15 is 0 Å². The van der Waals surface area contributed by atoms with Crippen LogP contribution in [0.3, 0.4) is 0 Å². The summed E-state index contributed by atoms with van der Waals surface area (Å²) in [5, 5.41) is 91.5. The van der Waals surface area contributed by atoms with Crippen LogP contribution in [0.15, 0.2) is 322 Å². The van der Waals surface area contributed by atoms with Crippen LogP contribution in [0.1, 0.15) is 269 Å². The minimum absolute atomic E-state index is 0.00581. The largest absolute Gasteiger partial charge is 0.497 e. The molecule has 0 saturated heterocycles. The van der Waals surface area contributed by atoms with Gasteiger partial charge in [-0.05, 0) is 195 Å². The fraction of sp³-hybridized carbons (Fsp3) is 0.144. The van der Waals surface area contributed by atoms with Crippen molar-refractivity contribution in [2.24, 2.45) is 0 Å². The molecule has 0 aliphatic carbocycles. The summed E-state index contributed by atoms with van der Waals surface area (Å²) in [7, 11) is 1.60. The van der Waals surface area contributed by atoms with Crippen LogP contribution < -0.4 is 4.74 Å². The molecule has 14 aromatic carbocycles. The molecule has 14 aromatic rings. The van der Waals surface area contributed by atoms with Gasteiger partial charge in [-0.25, -0.2) is 47.9 Å². The Balaban J connectivity index is 0.000000209. The van der Waals surface area contributed by atoms with Gasteiger partial charge in [-0.1, -0.05) is 265 Å². The summed E-state index contributed by atoms with van der Waals surface area (Å²) in [6, 6.07) is 87.7. The van der Waals surface area contributed by atoms with E-state index in [0.717, 1.165) is 61.4 Å². The molecule has 0 aromatic heterocycles. The summed E-state index contributed by atoms with van der Waals surface area (Å²) in [5.41, 5.74) is 12.1. The lowest BCUT2D eigenvalue weighted by Crippen LogP contribution is -2.13. The number of hydrogen-bond donors (Lipinski definition) is 10. The molecule has 0 aliphatic rings. The van der Waals surface area contributed by atoms with Crippen LogP contribution in [0.25, 0.3) is 0 Å². The zero-order chi connectivity index (χ0) is 108. The quantitative estimate of drug-likeness (QED) is 0.0163. The van der Waals surface area contributed by atoms with Gasteiger partial charge in [0.05, 0.1) is 62.7 Å². The highest BCUT2D eigenvalue weighted by atomic mass is 35.5. The molecule has 0 radical (unpaired) electrons. The second-order valence-electron chi connectivity index (χ2n) is 33.2. The second kappa shape index (κ2) is 56.3. The highest BCUT2D eigenvalue weighted by Crippen LogP contribution is 2.27. The van der Waals surface area contributed by atoms with Crippen LogP contribution in [-0.2, 0) is 44.9 Å². The Morgan fingerprint density at radius 1 is 0.211 bits per heavy atom. The lowest BCUT2D eigenvalue weighted by molar-refractivity contribution is 0.0682. The van der Waals surface area contributed by atoms with E-state index in [2.05, 4.69) is 0 Å². The summed E-state index contributed by atoms with van der Waals surface area (Å²) in [6.07, 6.45) is 3.11. The minimum Gasteiger partial charge on any atom is -0.497 e. The number of carboxylic acids is 10. The van der Waals surface area contributed by atoms with Crippen molar-refractivity contribution < 1.29 is 137 Å². The molecule has 0 heterocycles. The Kier molecular flexibility index (Phi) is 43.6. The van der Waals surface area contributed by atoms with E-state index in [0.29, 0.717) is 54.7 Å². The number of carbonyl (C=O) groups excluding carboxylic acids is 7. The van der Waals surface area contributed by atoms with E-state index in [-0.39, 0.29) is 156 Å². The lowest BCUT2D eigenvalue weighted by atomic mass is 9.95. The molecule has 0 unspecified atom stereocenters. The average Bonchev–Trinajstić information content (AvgIpc) is 0.816. The van der Waals surface area contributed by atoms with Crippen LogP contribution in [0.4, 0.5) is 0 Å². The zero-order valence-electron chi connectivity index (χ0n) is 80.6. The van der Waals surface area contributed by atoms with Crippen LogP contribution >= 0.6 is 11.6 Å². The van der Waals surface area contributed by atoms with Crippen molar-refractivity contribution in [1.29, 1.82) is 0 Å². The molecule has 750 valence electrons. The molecule has 28 nitrogen and oxygen atoms in total. The molecule has 14 rings (SSSR count). The van der Waals surface area contributed by atoms with Gasteiger partial charge in [0.2, 0.25) is 0 Å². The number of halogens is 1. The first kappa shape index (κ1) is 114. The number of ether oxygens (including phenoxy) is 1. The highest BCUT2D eigenvalue weighted by Gasteiger charge is 2.26. The predicted octanol–water partition coefficient (Wildman–Crippen LogP) is 22.5.